The summed E-state index contributed by atoms with van der Waals surface area (Å²) in [5.41, 5.74) is 0. The normalized spacial score (nSPS) is 26.8. The van der Waals surface area contributed by atoms with Gasteiger partial charge in [0.25, 0.3) is 0 Å². The average Bonchev–Trinajstić information content (AvgIpc) is 3.34. The molecule has 1 saturated heterocycles. The van der Waals surface area contributed by atoms with Gasteiger partial charge in [0.1, 0.15) is 6.17 Å². The van der Waals surface area contributed by atoms with Crippen molar-refractivity contribution < 1.29 is 4.79 Å². The fraction of sp³-hybridized carbons (Fsp3) is 0.688. The van der Waals surface area contributed by atoms with E-state index in [2.05, 4.69) is 29.3 Å². The number of hydrogen-bond acceptors (Lipinski definition) is 3. The highest BCUT2D eigenvalue weighted by atomic mass is 32.1. The first-order valence-corrected chi connectivity index (χ1v) is 8.63. The van der Waals surface area contributed by atoms with Gasteiger partial charge in [-0.1, -0.05) is 0 Å². The van der Waals surface area contributed by atoms with Gasteiger partial charge in [0.2, 0.25) is 5.91 Å². The second kappa shape index (κ2) is 4.85. The molecule has 1 unspecified atom stereocenters. The molecule has 0 aromatic carbocycles. The van der Waals surface area contributed by atoms with E-state index in [1.165, 1.54) is 35.4 Å². The van der Waals surface area contributed by atoms with Gasteiger partial charge in [-0.3, -0.25) is 10.1 Å². The second-order valence-electron chi connectivity index (χ2n) is 6.62. The van der Waals surface area contributed by atoms with Crippen LogP contribution in [0.3, 0.4) is 0 Å². The van der Waals surface area contributed by atoms with Crippen LogP contribution in [0.1, 0.15) is 41.6 Å². The lowest BCUT2D eigenvalue weighted by Gasteiger charge is -2.28. The minimum absolute atomic E-state index is 0.126. The number of carbonyl (C=O) groups excluding carboxylic acids is 1. The van der Waals surface area contributed by atoms with Gasteiger partial charge in [-0.2, -0.15) is 0 Å². The van der Waals surface area contributed by atoms with Crippen molar-refractivity contribution in [3.8, 4) is 0 Å². The first-order chi connectivity index (χ1) is 9.72. The monoisotopic (exact) mass is 290 g/mol. The molecule has 3 fully saturated rings. The smallest absolute Gasteiger partial charge is 0.238 e. The predicted octanol–water partition coefficient (Wildman–Crippen LogP) is 2.92. The van der Waals surface area contributed by atoms with E-state index in [1.54, 1.807) is 0 Å². The summed E-state index contributed by atoms with van der Waals surface area (Å²) in [6.07, 6.45) is 5.68. The van der Waals surface area contributed by atoms with E-state index in [9.17, 15) is 4.79 Å². The number of thiophene rings is 1. The van der Waals surface area contributed by atoms with Crippen molar-refractivity contribution in [3.05, 3.63) is 21.9 Å². The molecule has 1 aromatic rings. The Morgan fingerprint density at radius 1 is 1.30 bits per heavy atom. The molecule has 0 bridgehead atoms. The molecule has 4 rings (SSSR count). The van der Waals surface area contributed by atoms with Crippen molar-refractivity contribution in [1.82, 2.24) is 10.2 Å². The Morgan fingerprint density at radius 3 is 2.55 bits per heavy atom. The highest BCUT2D eigenvalue weighted by Gasteiger charge is 2.44. The van der Waals surface area contributed by atoms with Gasteiger partial charge in [-0.05, 0) is 62.5 Å². The van der Waals surface area contributed by atoms with Gasteiger partial charge in [0.05, 0.1) is 6.54 Å². The summed E-state index contributed by atoms with van der Waals surface area (Å²) in [5.74, 6) is 2.86. The van der Waals surface area contributed by atoms with Gasteiger partial charge in [-0.15, -0.1) is 11.3 Å². The van der Waals surface area contributed by atoms with Crippen LogP contribution in [0.25, 0.3) is 0 Å². The van der Waals surface area contributed by atoms with Crippen LogP contribution >= 0.6 is 11.3 Å². The quantitative estimate of drug-likeness (QED) is 0.904. The summed E-state index contributed by atoms with van der Waals surface area (Å²) < 4.78 is 0. The fourth-order valence-corrected chi connectivity index (χ4v) is 4.53. The molecule has 2 heterocycles. The SMILES string of the molecule is Cc1ccc(C2NCC(=O)N2CC(C2CC2)C2CC2)s1. The van der Waals surface area contributed by atoms with Crippen LogP contribution in [-0.4, -0.2) is 23.9 Å². The zero-order valence-electron chi connectivity index (χ0n) is 12.0. The average molecular weight is 290 g/mol. The fourth-order valence-electron chi connectivity index (χ4n) is 3.56. The minimum atomic E-state index is 0.126. The number of rotatable bonds is 5. The zero-order chi connectivity index (χ0) is 13.7. The number of nitrogens with zero attached hydrogens (tertiary/aromatic N) is 1. The van der Waals surface area contributed by atoms with Gasteiger partial charge in [0.15, 0.2) is 0 Å². The van der Waals surface area contributed by atoms with Crippen molar-refractivity contribution in [1.29, 1.82) is 0 Å². The highest BCUT2D eigenvalue weighted by molar-refractivity contribution is 7.12. The lowest BCUT2D eigenvalue weighted by atomic mass is 9.97. The zero-order valence-corrected chi connectivity index (χ0v) is 12.8. The molecule has 1 amide bonds. The molecule has 3 aliphatic rings. The van der Waals surface area contributed by atoms with Crippen LogP contribution in [-0.2, 0) is 4.79 Å². The molecule has 4 heteroatoms. The second-order valence-corrected chi connectivity index (χ2v) is 7.94. The third-order valence-corrected chi connectivity index (χ3v) is 6.02. The maximum absolute atomic E-state index is 12.3. The highest BCUT2D eigenvalue weighted by Crippen LogP contribution is 2.50. The van der Waals surface area contributed by atoms with Crippen molar-refractivity contribution in [2.24, 2.45) is 17.8 Å². The Morgan fingerprint density at radius 2 is 2.00 bits per heavy atom. The minimum Gasteiger partial charge on any atom is -0.321 e. The lowest BCUT2D eigenvalue weighted by Crippen LogP contribution is -2.35. The first kappa shape index (κ1) is 12.8. The van der Waals surface area contributed by atoms with E-state index in [0.717, 1.165) is 24.3 Å². The van der Waals surface area contributed by atoms with Crippen molar-refractivity contribution in [2.75, 3.05) is 13.1 Å². The van der Waals surface area contributed by atoms with Gasteiger partial charge in [0, 0.05) is 16.3 Å². The van der Waals surface area contributed by atoms with E-state index in [-0.39, 0.29) is 12.1 Å². The van der Waals surface area contributed by atoms with Gasteiger partial charge in [-0.25, -0.2) is 0 Å². The first-order valence-electron chi connectivity index (χ1n) is 7.81. The Balaban J connectivity index is 1.52. The Labute approximate surface area is 124 Å². The van der Waals surface area contributed by atoms with Crippen LogP contribution in [0.15, 0.2) is 12.1 Å². The molecule has 1 aromatic heterocycles. The predicted molar refractivity (Wildman–Crippen MR) is 80.5 cm³/mol. The van der Waals surface area contributed by atoms with Crippen LogP contribution in [0.4, 0.5) is 0 Å². The van der Waals surface area contributed by atoms with Crippen LogP contribution in [0.5, 0.6) is 0 Å². The molecule has 1 N–H and O–H groups in total. The molecule has 3 nitrogen and oxygen atoms in total. The number of nitrogens with one attached hydrogen (secondary N) is 1. The molecule has 2 aliphatic carbocycles. The van der Waals surface area contributed by atoms with E-state index < -0.39 is 0 Å². The number of amides is 1. The molecular formula is C16H22N2OS. The Hall–Kier alpha value is -0.870. The lowest BCUT2D eigenvalue weighted by molar-refractivity contribution is -0.128. The standard InChI is InChI=1S/C16H22N2OS/c1-10-2-7-14(20-10)16-17-8-15(19)18(16)9-13(11-3-4-11)12-5-6-12/h2,7,11-13,16-17H,3-6,8-9H2,1H3. The van der Waals surface area contributed by atoms with E-state index >= 15 is 0 Å². The van der Waals surface area contributed by atoms with Gasteiger partial charge >= 0.3 is 0 Å². The van der Waals surface area contributed by atoms with Crippen LogP contribution in [0, 0.1) is 24.7 Å². The van der Waals surface area contributed by atoms with Crippen LogP contribution < -0.4 is 5.32 Å². The summed E-state index contributed by atoms with van der Waals surface area (Å²) in [6, 6.07) is 4.33. The van der Waals surface area contributed by atoms with E-state index in [0.29, 0.717) is 6.54 Å². The number of aryl methyl sites for hydroxylation is 1. The molecule has 0 spiro atoms. The summed E-state index contributed by atoms with van der Waals surface area (Å²) in [6.45, 7) is 3.61. The van der Waals surface area contributed by atoms with Crippen LogP contribution in [0.2, 0.25) is 0 Å². The third-order valence-electron chi connectivity index (χ3n) is 4.97. The molecular weight excluding hydrogens is 268 g/mol. The molecule has 0 radical (unpaired) electrons. The van der Waals surface area contributed by atoms with E-state index in [1.807, 2.05) is 11.3 Å². The Bertz CT molecular complexity index is 506. The topological polar surface area (TPSA) is 32.3 Å². The van der Waals surface area contributed by atoms with Crippen molar-refractivity contribution in [2.45, 2.75) is 38.8 Å². The molecule has 20 heavy (non-hydrogen) atoms. The summed E-state index contributed by atoms with van der Waals surface area (Å²) in [5, 5.41) is 3.40. The van der Waals surface area contributed by atoms with Crippen molar-refractivity contribution in [3.63, 3.8) is 0 Å². The van der Waals surface area contributed by atoms with E-state index in [4.69, 9.17) is 0 Å². The summed E-state index contributed by atoms with van der Waals surface area (Å²) in [4.78, 5) is 17.0. The number of carbonyl (C=O) groups is 1. The molecule has 108 valence electrons. The largest absolute Gasteiger partial charge is 0.321 e. The molecule has 2 saturated carbocycles. The third kappa shape index (κ3) is 2.40. The summed E-state index contributed by atoms with van der Waals surface area (Å²) in [7, 11) is 0. The molecule has 1 aliphatic heterocycles. The van der Waals surface area contributed by atoms with Crippen molar-refractivity contribution >= 4 is 17.2 Å². The maximum Gasteiger partial charge on any atom is 0.238 e. The number of hydrogen-bond donors (Lipinski definition) is 1. The molecule has 1 atom stereocenters. The maximum atomic E-state index is 12.3. The van der Waals surface area contributed by atoms with Gasteiger partial charge < -0.3 is 4.90 Å². The Kier molecular flexibility index (Phi) is 3.11. The summed E-state index contributed by atoms with van der Waals surface area (Å²) >= 11 is 1.81.